The molecule has 1 amide bonds. The fourth-order valence-electron chi connectivity index (χ4n) is 2.89. The molecule has 2 fully saturated rings. The van der Waals surface area contributed by atoms with Crippen molar-refractivity contribution in [3.8, 4) is 0 Å². The molecule has 5 heteroatoms. The number of para-hydroxylation sites is 1. The predicted molar refractivity (Wildman–Crippen MR) is 88.1 cm³/mol. The van der Waals surface area contributed by atoms with Crippen LogP contribution in [0.5, 0.6) is 0 Å². The Balaban J connectivity index is 1.58. The molecule has 4 nitrogen and oxygen atoms in total. The number of benzene rings is 1. The minimum Gasteiger partial charge on any atom is -0.342 e. The normalized spacial score (nSPS) is 18.1. The highest BCUT2D eigenvalue weighted by molar-refractivity contribution is 8.00. The second-order valence-electron chi connectivity index (χ2n) is 6.05. The van der Waals surface area contributed by atoms with E-state index >= 15 is 0 Å². The molecule has 0 atom stereocenters. The van der Waals surface area contributed by atoms with Crippen molar-refractivity contribution in [3.05, 3.63) is 30.1 Å². The molecule has 2 aromatic rings. The lowest BCUT2D eigenvalue weighted by Crippen LogP contribution is -2.29. The van der Waals surface area contributed by atoms with Gasteiger partial charge in [-0.25, -0.2) is 9.97 Å². The maximum Gasteiger partial charge on any atom is 0.232 e. The fraction of sp³-hybridized carbons (Fsp3) is 0.471. The van der Waals surface area contributed by atoms with Gasteiger partial charge in [0.05, 0.1) is 11.3 Å². The molecule has 0 radical (unpaired) electrons. The van der Waals surface area contributed by atoms with Crippen LogP contribution in [-0.4, -0.2) is 39.6 Å². The molecule has 2 heterocycles. The summed E-state index contributed by atoms with van der Waals surface area (Å²) in [6, 6.07) is 8.11. The molecule has 4 rings (SSSR count). The van der Waals surface area contributed by atoms with Crippen LogP contribution in [0.3, 0.4) is 0 Å². The van der Waals surface area contributed by atoms with E-state index in [1.165, 1.54) is 12.8 Å². The maximum atomic E-state index is 12.2. The first-order valence-corrected chi connectivity index (χ1v) is 8.97. The zero-order valence-corrected chi connectivity index (χ0v) is 13.3. The Labute approximate surface area is 134 Å². The number of thioether (sulfide) groups is 1. The predicted octanol–water partition coefficient (Wildman–Crippen LogP) is 3.22. The number of carbonyl (C=O) groups is 1. The Kier molecular flexibility index (Phi) is 3.74. The van der Waals surface area contributed by atoms with Crippen LogP contribution < -0.4 is 0 Å². The van der Waals surface area contributed by atoms with Gasteiger partial charge in [-0.05, 0) is 31.7 Å². The van der Waals surface area contributed by atoms with E-state index in [2.05, 4.69) is 11.1 Å². The molecule has 114 valence electrons. The molecule has 1 aliphatic heterocycles. The van der Waals surface area contributed by atoms with Crippen LogP contribution in [0.1, 0.15) is 37.4 Å². The molecule has 0 N–H and O–H groups in total. The first kappa shape index (κ1) is 14.0. The third-order valence-corrected chi connectivity index (χ3v) is 5.30. The number of carbonyl (C=O) groups excluding carboxylic acids is 1. The Morgan fingerprint density at radius 3 is 2.73 bits per heavy atom. The van der Waals surface area contributed by atoms with E-state index in [0.29, 0.717) is 11.7 Å². The summed E-state index contributed by atoms with van der Waals surface area (Å²) in [5, 5.41) is 2.02. The van der Waals surface area contributed by atoms with Crippen LogP contribution >= 0.6 is 11.8 Å². The van der Waals surface area contributed by atoms with Crippen molar-refractivity contribution in [2.24, 2.45) is 0 Å². The van der Waals surface area contributed by atoms with Crippen molar-refractivity contribution in [2.75, 3.05) is 18.8 Å². The van der Waals surface area contributed by atoms with E-state index in [1.54, 1.807) is 11.8 Å². The van der Waals surface area contributed by atoms with Gasteiger partial charge in [-0.3, -0.25) is 4.79 Å². The lowest BCUT2D eigenvalue weighted by atomic mass is 10.2. The molecule has 1 saturated carbocycles. The number of rotatable bonds is 4. The van der Waals surface area contributed by atoms with Gasteiger partial charge in [0.2, 0.25) is 5.91 Å². The molecule has 0 bridgehead atoms. The summed E-state index contributed by atoms with van der Waals surface area (Å²) in [5.41, 5.74) is 0.996. The molecule has 1 aliphatic carbocycles. The lowest BCUT2D eigenvalue weighted by Gasteiger charge is -2.15. The number of likely N-dealkylation sites (tertiary alicyclic amines) is 1. The third-order valence-electron chi connectivity index (χ3n) is 4.32. The fourth-order valence-corrected chi connectivity index (χ4v) is 3.82. The van der Waals surface area contributed by atoms with Gasteiger partial charge in [-0.2, -0.15) is 0 Å². The summed E-state index contributed by atoms with van der Waals surface area (Å²) in [6.45, 7) is 1.83. The minimum absolute atomic E-state index is 0.234. The maximum absolute atomic E-state index is 12.2. The average Bonchev–Trinajstić information content (AvgIpc) is 3.26. The van der Waals surface area contributed by atoms with E-state index in [0.717, 1.165) is 47.7 Å². The minimum atomic E-state index is 0.234. The van der Waals surface area contributed by atoms with Crippen LogP contribution in [0.15, 0.2) is 29.3 Å². The van der Waals surface area contributed by atoms with E-state index in [9.17, 15) is 4.79 Å². The molecule has 2 aliphatic rings. The van der Waals surface area contributed by atoms with E-state index in [-0.39, 0.29) is 5.91 Å². The van der Waals surface area contributed by atoms with Gasteiger partial charge in [0.1, 0.15) is 10.9 Å². The Bertz CT molecular complexity index is 708. The van der Waals surface area contributed by atoms with Crippen molar-refractivity contribution < 1.29 is 4.79 Å². The Morgan fingerprint density at radius 1 is 1.18 bits per heavy atom. The molecule has 1 aromatic heterocycles. The highest BCUT2D eigenvalue weighted by Crippen LogP contribution is 2.39. The standard InChI is InChI=1S/C17H19N3OS/c21-15(20-9-3-4-10-20)11-22-17-13-5-1-2-6-14(13)18-16(19-17)12-7-8-12/h1-2,5-6,12H,3-4,7-11H2. The van der Waals surface area contributed by atoms with Crippen LogP contribution in [0.2, 0.25) is 0 Å². The highest BCUT2D eigenvalue weighted by atomic mass is 32.2. The summed E-state index contributed by atoms with van der Waals surface area (Å²) in [7, 11) is 0. The van der Waals surface area contributed by atoms with Gasteiger partial charge < -0.3 is 4.90 Å². The van der Waals surface area contributed by atoms with Crippen molar-refractivity contribution >= 4 is 28.6 Å². The van der Waals surface area contributed by atoms with Gasteiger partial charge >= 0.3 is 0 Å². The number of hydrogen-bond acceptors (Lipinski definition) is 4. The van der Waals surface area contributed by atoms with Gasteiger partial charge in [0, 0.05) is 24.4 Å². The number of aromatic nitrogens is 2. The first-order valence-electron chi connectivity index (χ1n) is 7.98. The van der Waals surface area contributed by atoms with Crippen LogP contribution in [-0.2, 0) is 4.79 Å². The van der Waals surface area contributed by atoms with Crippen molar-refractivity contribution in [1.29, 1.82) is 0 Å². The van der Waals surface area contributed by atoms with Crippen LogP contribution in [0.25, 0.3) is 10.9 Å². The molecule has 0 unspecified atom stereocenters. The molecule has 1 saturated heterocycles. The molecular formula is C17H19N3OS. The summed E-state index contributed by atoms with van der Waals surface area (Å²) in [6.07, 6.45) is 4.65. The Morgan fingerprint density at radius 2 is 1.95 bits per heavy atom. The first-order chi connectivity index (χ1) is 10.8. The van der Waals surface area contributed by atoms with Crippen molar-refractivity contribution in [2.45, 2.75) is 36.6 Å². The zero-order valence-electron chi connectivity index (χ0n) is 12.5. The zero-order chi connectivity index (χ0) is 14.9. The average molecular weight is 313 g/mol. The monoisotopic (exact) mass is 313 g/mol. The number of amides is 1. The second kappa shape index (κ2) is 5.88. The molecular weight excluding hydrogens is 294 g/mol. The smallest absolute Gasteiger partial charge is 0.232 e. The van der Waals surface area contributed by atoms with E-state index in [4.69, 9.17) is 4.98 Å². The third kappa shape index (κ3) is 2.82. The van der Waals surface area contributed by atoms with Gasteiger partial charge in [0.15, 0.2) is 0 Å². The molecule has 0 spiro atoms. The van der Waals surface area contributed by atoms with E-state index < -0.39 is 0 Å². The van der Waals surface area contributed by atoms with Crippen LogP contribution in [0.4, 0.5) is 0 Å². The Hall–Kier alpha value is -1.62. The number of fused-ring (bicyclic) bond motifs is 1. The van der Waals surface area contributed by atoms with Gasteiger partial charge in [-0.1, -0.05) is 30.0 Å². The summed E-state index contributed by atoms with van der Waals surface area (Å²) < 4.78 is 0. The quantitative estimate of drug-likeness (QED) is 0.642. The second-order valence-corrected chi connectivity index (χ2v) is 7.02. The summed E-state index contributed by atoms with van der Waals surface area (Å²) in [4.78, 5) is 23.6. The summed E-state index contributed by atoms with van der Waals surface area (Å²) >= 11 is 1.56. The topological polar surface area (TPSA) is 46.1 Å². The van der Waals surface area contributed by atoms with Crippen LogP contribution in [0, 0.1) is 0 Å². The highest BCUT2D eigenvalue weighted by Gasteiger charge is 2.28. The number of nitrogens with zero attached hydrogens (tertiary/aromatic N) is 3. The summed E-state index contributed by atoms with van der Waals surface area (Å²) in [5.74, 6) is 2.19. The molecule has 1 aromatic carbocycles. The van der Waals surface area contributed by atoms with Gasteiger partial charge in [-0.15, -0.1) is 0 Å². The van der Waals surface area contributed by atoms with E-state index in [1.807, 2.05) is 23.1 Å². The molecule has 22 heavy (non-hydrogen) atoms. The van der Waals surface area contributed by atoms with Gasteiger partial charge in [0.25, 0.3) is 0 Å². The van der Waals surface area contributed by atoms with Crippen molar-refractivity contribution in [3.63, 3.8) is 0 Å². The number of hydrogen-bond donors (Lipinski definition) is 0. The lowest BCUT2D eigenvalue weighted by molar-refractivity contribution is -0.127. The largest absolute Gasteiger partial charge is 0.342 e. The SMILES string of the molecule is O=C(CSc1nc(C2CC2)nc2ccccc12)N1CCCC1. The van der Waals surface area contributed by atoms with Crippen molar-refractivity contribution in [1.82, 2.24) is 14.9 Å².